The Morgan fingerprint density at radius 1 is 1.41 bits per heavy atom. The predicted octanol–water partition coefficient (Wildman–Crippen LogP) is 4.37. The molecule has 3 rings (SSSR count). The van der Waals surface area contributed by atoms with Crippen molar-refractivity contribution in [1.29, 1.82) is 0 Å². The van der Waals surface area contributed by atoms with E-state index >= 15 is 0 Å². The van der Waals surface area contributed by atoms with Crippen LogP contribution in [0.2, 0.25) is 5.02 Å². The largest absolute Gasteiger partial charge is 0.369 e. The van der Waals surface area contributed by atoms with Crippen molar-refractivity contribution in [2.75, 3.05) is 11.9 Å². The molecule has 2 heterocycles. The van der Waals surface area contributed by atoms with E-state index in [4.69, 9.17) is 11.6 Å². The van der Waals surface area contributed by atoms with Crippen molar-refractivity contribution in [1.82, 2.24) is 4.98 Å². The lowest BCUT2D eigenvalue weighted by Gasteiger charge is -2.26. The normalized spacial score (nSPS) is 29.4. The number of hydrogen-bond acceptors (Lipinski definition) is 2. The first-order valence-electron chi connectivity index (χ1n) is 6.02. The van der Waals surface area contributed by atoms with Crippen molar-refractivity contribution in [2.24, 2.45) is 5.41 Å². The fourth-order valence-electron chi connectivity index (χ4n) is 3.46. The van der Waals surface area contributed by atoms with Gasteiger partial charge in [-0.1, -0.05) is 25.4 Å². The molecule has 0 amide bonds. The van der Waals surface area contributed by atoms with Gasteiger partial charge in [0.1, 0.15) is 5.82 Å². The Kier molecular flexibility index (Phi) is 2.50. The summed E-state index contributed by atoms with van der Waals surface area (Å²) >= 11 is 9.96. The highest BCUT2D eigenvalue weighted by Gasteiger charge is 2.49. The monoisotopic (exact) mass is 314 g/mol. The number of hydrogen-bond donors (Lipinski definition) is 1. The fraction of sp³-hybridized carbons (Fsp3) is 0.615. The molecule has 2 aliphatic rings. The highest BCUT2D eigenvalue weighted by Crippen LogP contribution is 2.56. The van der Waals surface area contributed by atoms with Crippen LogP contribution in [0.1, 0.15) is 38.7 Å². The first-order chi connectivity index (χ1) is 7.94. The van der Waals surface area contributed by atoms with Crippen LogP contribution in [0.5, 0.6) is 0 Å². The molecule has 0 aromatic carbocycles. The van der Waals surface area contributed by atoms with E-state index in [1.54, 1.807) is 6.20 Å². The first kappa shape index (κ1) is 11.8. The van der Waals surface area contributed by atoms with Crippen LogP contribution < -0.4 is 5.32 Å². The van der Waals surface area contributed by atoms with Gasteiger partial charge in [0.25, 0.3) is 0 Å². The highest BCUT2D eigenvalue weighted by molar-refractivity contribution is 9.10. The van der Waals surface area contributed by atoms with E-state index in [9.17, 15) is 0 Å². The number of halogens is 2. The molecule has 1 aliphatic carbocycles. The average Bonchev–Trinajstić information content (AvgIpc) is 2.75. The van der Waals surface area contributed by atoms with Gasteiger partial charge in [-0.2, -0.15) is 0 Å². The van der Waals surface area contributed by atoms with Gasteiger partial charge in [-0.05, 0) is 40.6 Å². The molecule has 0 saturated heterocycles. The molecule has 0 radical (unpaired) electrons. The molecule has 17 heavy (non-hydrogen) atoms. The summed E-state index contributed by atoms with van der Waals surface area (Å²) in [4.78, 5) is 4.44. The lowest BCUT2D eigenvalue weighted by atomic mass is 9.78. The summed E-state index contributed by atoms with van der Waals surface area (Å²) in [5, 5.41) is 4.27. The molecular weight excluding hydrogens is 300 g/mol. The lowest BCUT2D eigenvalue weighted by molar-refractivity contribution is 0.347. The Morgan fingerprint density at radius 2 is 2.18 bits per heavy atom. The maximum absolute atomic E-state index is 6.47. The zero-order valence-electron chi connectivity index (χ0n) is 10.1. The Bertz CT molecular complexity index is 487. The van der Waals surface area contributed by atoms with Gasteiger partial charge >= 0.3 is 0 Å². The molecule has 1 spiro atoms. The van der Waals surface area contributed by atoms with Gasteiger partial charge in [-0.3, -0.25) is 0 Å². The van der Waals surface area contributed by atoms with E-state index in [0.717, 1.165) is 21.9 Å². The summed E-state index contributed by atoms with van der Waals surface area (Å²) in [6, 6.07) is 0. The lowest BCUT2D eigenvalue weighted by Crippen LogP contribution is -2.26. The molecule has 1 aromatic rings. The van der Waals surface area contributed by atoms with Gasteiger partial charge in [0, 0.05) is 23.7 Å². The van der Waals surface area contributed by atoms with E-state index in [1.165, 1.54) is 24.8 Å². The highest BCUT2D eigenvalue weighted by atomic mass is 79.9. The third kappa shape index (κ3) is 1.70. The molecule has 1 N–H and O–H groups in total. The van der Waals surface area contributed by atoms with Crippen LogP contribution in [0.25, 0.3) is 0 Å². The second-order valence-electron chi connectivity index (χ2n) is 6.12. The zero-order valence-corrected chi connectivity index (χ0v) is 12.5. The third-order valence-electron chi connectivity index (χ3n) is 4.19. The number of rotatable bonds is 0. The van der Waals surface area contributed by atoms with Gasteiger partial charge in [0.15, 0.2) is 0 Å². The van der Waals surface area contributed by atoms with Crippen LogP contribution >= 0.6 is 27.5 Å². The van der Waals surface area contributed by atoms with Crippen LogP contribution in [-0.2, 0) is 5.41 Å². The summed E-state index contributed by atoms with van der Waals surface area (Å²) in [7, 11) is 0. The molecule has 4 heteroatoms. The maximum atomic E-state index is 6.47. The maximum Gasteiger partial charge on any atom is 0.131 e. The number of anilines is 1. The van der Waals surface area contributed by atoms with Crippen molar-refractivity contribution in [3.05, 3.63) is 21.3 Å². The number of aromatic nitrogens is 1. The molecule has 1 atom stereocenters. The van der Waals surface area contributed by atoms with Crippen LogP contribution in [-0.4, -0.2) is 11.5 Å². The predicted molar refractivity (Wildman–Crippen MR) is 74.7 cm³/mol. The minimum Gasteiger partial charge on any atom is -0.369 e. The van der Waals surface area contributed by atoms with Gasteiger partial charge in [0.05, 0.1) is 9.50 Å². The topological polar surface area (TPSA) is 24.9 Å². The molecule has 1 fully saturated rings. The summed E-state index contributed by atoms with van der Waals surface area (Å²) in [5.74, 6) is 0.982. The SMILES string of the molecule is CC1(C)CC[C@@]2(CNc3ncc(Br)c(Cl)c32)C1. The number of fused-ring (bicyclic) bond motifs is 2. The smallest absolute Gasteiger partial charge is 0.131 e. The molecule has 1 aliphatic heterocycles. The molecule has 92 valence electrons. The van der Waals surface area contributed by atoms with Crippen LogP contribution in [0, 0.1) is 5.41 Å². The molecule has 1 aromatic heterocycles. The summed E-state index contributed by atoms with van der Waals surface area (Å²) in [6.45, 7) is 5.67. The molecule has 0 bridgehead atoms. The van der Waals surface area contributed by atoms with Gasteiger partial charge in [-0.25, -0.2) is 4.98 Å². The molecule has 2 nitrogen and oxygen atoms in total. The second kappa shape index (κ2) is 3.61. The van der Waals surface area contributed by atoms with Crippen LogP contribution in [0.4, 0.5) is 5.82 Å². The summed E-state index contributed by atoms with van der Waals surface area (Å²) in [5.41, 5.74) is 1.85. The number of nitrogens with zero attached hydrogens (tertiary/aromatic N) is 1. The number of nitrogens with one attached hydrogen (secondary N) is 1. The standard InChI is InChI=1S/C13H16BrClN2/c1-12(2)3-4-13(6-12)7-17-11-9(13)10(15)8(14)5-16-11/h5H,3-4,6-7H2,1-2H3,(H,16,17)/t13-/m0/s1. The summed E-state index contributed by atoms with van der Waals surface area (Å²) < 4.78 is 0.908. The van der Waals surface area contributed by atoms with Crippen LogP contribution in [0.3, 0.4) is 0 Å². The van der Waals surface area contributed by atoms with Gasteiger partial charge < -0.3 is 5.32 Å². The summed E-state index contributed by atoms with van der Waals surface area (Å²) in [6.07, 6.45) is 5.44. The van der Waals surface area contributed by atoms with Crippen molar-refractivity contribution < 1.29 is 0 Å². The average molecular weight is 316 g/mol. The van der Waals surface area contributed by atoms with E-state index in [2.05, 4.69) is 40.1 Å². The Morgan fingerprint density at radius 3 is 2.82 bits per heavy atom. The Hall–Kier alpha value is -0.280. The van der Waals surface area contributed by atoms with Gasteiger partial charge in [0.2, 0.25) is 0 Å². The second-order valence-corrected chi connectivity index (χ2v) is 7.35. The molecule has 1 saturated carbocycles. The van der Waals surface area contributed by atoms with Crippen molar-refractivity contribution in [3.8, 4) is 0 Å². The Labute approximate surface area is 115 Å². The van der Waals surface area contributed by atoms with Crippen molar-refractivity contribution in [2.45, 2.75) is 38.5 Å². The Balaban J connectivity index is 2.13. The van der Waals surface area contributed by atoms with Crippen molar-refractivity contribution >= 4 is 33.3 Å². The fourth-order valence-corrected chi connectivity index (χ4v) is 4.10. The minimum absolute atomic E-state index is 0.201. The van der Waals surface area contributed by atoms with E-state index in [-0.39, 0.29) is 5.41 Å². The van der Waals surface area contributed by atoms with E-state index < -0.39 is 0 Å². The van der Waals surface area contributed by atoms with Crippen LogP contribution in [0.15, 0.2) is 10.7 Å². The quantitative estimate of drug-likeness (QED) is 0.769. The number of pyridine rings is 1. The van der Waals surface area contributed by atoms with E-state index in [0.29, 0.717) is 5.41 Å². The van der Waals surface area contributed by atoms with Crippen molar-refractivity contribution in [3.63, 3.8) is 0 Å². The third-order valence-corrected chi connectivity index (χ3v) is 5.42. The first-order valence-corrected chi connectivity index (χ1v) is 7.19. The molecular formula is C13H16BrClN2. The molecule has 0 unspecified atom stereocenters. The zero-order chi connectivity index (χ0) is 12.3. The minimum atomic E-state index is 0.201. The van der Waals surface area contributed by atoms with Gasteiger partial charge in [-0.15, -0.1) is 0 Å². The van der Waals surface area contributed by atoms with E-state index in [1.807, 2.05) is 0 Å².